The summed E-state index contributed by atoms with van der Waals surface area (Å²) in [6.45, 7) is 1.98. The fraction of sp³-hybridized carbons (Fsp3) is 0.294. The van der Waals surface area contributed by atoms with Crippen LogP contribution in [0.3, 0.4) is 0 Å². The number of piperazine rings is 1. The molecule has 1 aliphatic rings. The van der Waals surface area contributed by atoms with Crippen LogP contribution in [0.4, 0.5) is 10.5 Å². The Morgan fingerprint density at radius 2 is 1.92 bits per heavy atom. The minimum absolute atomic E-state index is 0.425. The zero-order valence-electron chi connectivity index (χ0n) is 14.2. The quantitative estimate of drug-likeness (QED) is 0.749. The molecule has 1 aliphatic heterocycles. The second-order valence-corrected chi connectivity index (χ2v) is 6.24. The first kappa shape index (κ1) is 16.0. The van der Waals surface area contributed by atoms with E-state index < -0.39 is 6.09 Å². The molecule has 1 amide bonds. The molecule has 4 heterocycles. The van der Waals surface area contributed by atoms with Gasteiger partial charge in [-0.1, -0.05) is 0 Å². The average Bonchev–Trinajstić information content (AvgIpc) is 3.27. The summed E-state index contributed by atoms with van der Waals surface area (Å²) in [4.78, 5) is 14.7. The zero-order valence-corrected chi connectivity index (χ0v) is 14.2. The highest BCUT2D eigenvalue weighted by Gasteiger charge is 2.24. The largest absolute Gasteiger partial charge is 0.465 e. The molecule has 9 heteroatoms. The van der Waals surface area contributed by atoms with Crippen LogP contribution in [0, 0.1) is 11.3 Å². The summed E-state index contributed by atoms with van der Waals surface area (Å²) in [5.74, 6) is 0. The molecule has 0 unspecified atom stereocenters. The normalized spacial score (nSPS) is 14.6. The molecular formula is C17H17N7O2. The van der Waals surface area contributed by atoms with Gasteiger partial charge in [0.1, 0.15) is 11.6 Å². The molecule has 0 bridgehead atoms. The van der Waals surface area contributed by atoms with E-state index in [1.165, 1.54) is 4.90 Å². The lowest BCUT2D eigenvalue weighted by molar-refractivity contribution is 0.142. The lowest BCUT2D eigenvalue weighted by atomic mass is 10.1. The molecule has 1 fully saturated rings. The number of pyridine rings is 1. The SMILES string of the molecule is Cn1cc(-c2cc(N3CCN(C(=O)O)CC3)c3c(C#N)cnn3c2)cn1. The fourth-order valence-electron chi connectivity index (χ4n) is 3.29. The molecule has 9 nitrogen and oxygen atoms in total. The van der Waals surface area contributed by atoms with Gasteiger partial charge in [-0.25, -0.2) is 9.31 Å². The van der Waals surface area contributed by atoms with Crippen LogP contribution in [0.15, 0.2) is 30.9 Å². The standard InChI is InChI=1S/C17H17N7O2/c1-21-10-14(9-19-21)12-6-15(16-13(7-18)8-20-24(16)11-12)22-2-4-23(5-3-22)17(25)26/h6,8-11H,2-5H2,1H3,(H,25,26). The van der Waals surface area contributed by atoms with E-state index in [2.05, 4.69) is 21.2 Å². The minimum atomic E-state index is -0.902. The van der Waals surface area contributed by atoms with Gasteiger partial charge in [-0.15, -0.1) is 0 Å². The summed E-state index contributed by atoms with van der Waals surface area (Å²) in [7, 11) is 1.86. The molecule has 0 aliphatic carbocycles. The number of amides is 1. The third-order valence-corrected chi connectivity index (χ3v) is 4.64. The number of aryl methyl sites for hydroxylation is 1. The maximum absolute atomic E-state index is 11.2. The van der Waals surface area contributed by atoms with Crippen molar-refractivity contribution in [2.24, 2.45) is 7.05 Å². The molecule has 0 spiro atoms. The number of rotatable bonds is 2. The van der Waals surface area contributed by atoms with Gasteiger partial charge in [0.25, 0.3) is 0 Å². The van der Waals surface area contributed by atoms with Gasteiger partial charge in [-0.05, 0) is 6.07 Å². The first-order valence-electron chi connectivity index (χ1n) is 8.20. The van der Waals surface area contributed by atoms with E-state index >= 15 is 0 Å². The molecule has 26 heavy (non-hydrogen) atoms. The van der Waals surface area contributed by atoms with Crippen molar-refractivity contribution >= 4 is 17.3 Å². The van der Waals surface area contributed by atoms with Crippen LogP contribution in [0.25, 0.3) is 16.6 Å². The average molecular weight is 351 g/mol. The second kappa shape index (κ2) is 6.07. The van der Waals surface area contributed by atoms with Gasteiger partial charge in [0.2, 0.25) is 0 Å². The van der Waals surface area contributed by atoms with Crippen molar-refractivity contribution in [1.82, 2.24) is 24.3 Å². The predicted molar refractivity (Wildman–Crippen MR) is 93.9 cm³/mol. The van der Waals surface area contributed by atoms with E-state index in [9.17, 15) is 10.1 Å². The summed E-state index contributed by atoms with van der Waals surface area (Å²) in [6, 6.07) is 4.21. The maximum Gasteiger partial charge on any atom is 0.407 e. The molecule has 1 N–H and O–H groups in total. The van der Waals surface area contributed by atoms with Gasteiger partial charge in [0, 0.05) is 56.7 Å². The molecule has 4 rings (SSSR count). The monoisotopic (exact) mass is 351 g/mol. The smallest absolute Gasteiger partial charge is 0.407 e. The van der Waals surface area contributed by atoms with Crippen LogP contribution < -0.4 is 4.90 Å². The fourth-order valence-corrected chi connectivity index (χ4v) is 3.29. The molecule has 3 aromatic heterocycles. The highest BCUT2D eigenvalue weighted by atomic mass is 16.4. The molecule has 132 valence electrons. The second-order valence-electron chi connectivity index (χ2n) is 6.24. The van der Waals surface area contributed by atoms with Crippen LogP contribution in [-0.4, -0.2) is 61.7 Å². The van der Waals surface area contributed by atoms with Crippen LogP contribution >= 0.6 is 0 Å². The van der Waals surface area contributed by atoms with E-state index in [1.54, 1.807) is 21.6 Å². The number of aromatic nitrogens is 4. The Kier molecular flexibility index (Phi) is 3.73. The lowest BCUT2D eigenvalue weighted by Gasteiger charge is -2.35. The van der Waals surface area contributed by atoms with Gasteiger partial charge in [-0.3, -0.25) is 4.68 Å². The Morgan fingerprint density at radius 1 is 1.15 bits per heavy atom. The van der Waals surface area contributed by atoms with Gasteiger partial charge >= 0.3 is 6.09 Å². The summed E-state index contributed by atoms with van der Waals surface area (Å²) < 4.78 is 3.44. The van der Waals surface area contributed by atoms with Crippen molar-refractivity contribution in [1.29, 1.82) is 5.26 Å². The van der Waals surface area contributed by atoms with Crippen molar-refractivity contribution in [3.05, 3.63) is 36.4 Å². The molecule has 0 saturated carbocycles. The van der Waals surface area contributed by atoms with Crippen LogP contribution in [0.2, 0.25) is 0 Å². The molecular weight excluding hydrogens is 334 g/mol. The topological polar surface area (TPSA) is 103 Å². The van der Waals surface area contributed by atoms with Crippen molar-refractivity contribution in [3.63, 3.8) is 0 Å². The van der Waals surface area contributed by atoms with E-state index in [0.29, 0.717) is 31.7 Å². The Labute approximate surface area is 149 Å². The van der Waals surface area contributed by atoms with Gasteiger partial charge < -0.3 is 14.9 Å². The molecule has 0 aromatic carbocycles. The number of carbonyl (C=O) groups is 1. The predicted octanol–water partition coefficient (Wildman–Crippen LogP) is 1.41. The van der Waals surface area contributed by atoms with Gasteiger partial charge in [0.15, 0.2) is 0 Å². The van der Waals surface area contributed by atoms with E-state index in [-0.39, 0.29) is 0 Å². The Hall–Kier alpha value is -3.54. The minimum Gasteiger partial charge on any atom is -0.465 e. The van der Waals surface area contributed by atoms with Gasteiger partial charge in [-0.2, -0.15) is 15.5 Å². The highest BCUT2D eigenvalue weighted by Crippen LogP contribution is 2.31. The number of nitriles is 1. The van der Waals surface area contributed by atoms with Gasteiger partial charge in [0.05, 0.1) is 23.6 Å². The summed E-state index contributed by atoms with van der Waals surface area (Å²) in [6.07, 6.45) is 6.23. The van der Waals surface area contributed by atoms with Crippen molar-refractivity contribution in [2.45, 2.75) is 0 Å². The Bertz CT molecular complexity index is 1020. The Morgan fingerprint density at radius 3 is 2.54 bits per heavy atom. The molecule has 1 saturated heterocycles. The summed E-state index contributed by atoms with van der Waals surface area (Å²) >= 11 is 0. The lowest BCUT2D eigenvalue weighted by Crippen LogP contribution is -2.48. The van der Waals surface area contributed by atoms with Crippen LogP contribution in [0.5, 0.6) is 0 Å². The molecule has 0 radical (unpaired) electrons. The number of fused-ring (bicyclic) bond motifs is 1. The number of nitrogens with zero attached hydrogens (tertiary/aromatic N) is 7. The number of anilines is 1. The number of hydrogen-bond donors (Lipinski definition) is 1. The number of hydrogen-bond acceptors (Lipinski definition) is 5. The highest BCUT2D eigenvalue weighted by molar-refractivity contribution is 5.83. The van der Waals surface area contributed by atoms with E-state index in [4.69, 9.17) is 5.11 Å². The number of carboxylic acid groups (broad SMARTS) is 1. The Balaban J connectivity index is 1.80. The third kappa shape index (κ3) is 2.61. The van der Waals surface area contributed by atoms with E-state index in [0.717, 1.165) is 22.3 Å². The van der Waals surface area contributed by atoms with E-state index in [1.807, 2.05) is 25.5 Å². The summed E-state index contributed by atoms with van der Waals surface area (Å²) in [5, 5.41) is 27.1. The molecule has 0 atom stereocenters. The van der Waals surface area contributed by atoms with Crippen molar-refractivity contribution < 1.29 is 9.90 Å². The van der Waals surface area contributed by atoms with Crippen molar-refractivity contribution in [2.75, 3.05) is 31.1 Å². The zero-order chi connectivity index (χ0) is 18.3. The van der Waals surface area contributed by atoms with Crippen molar-refractivity contribution in [3.8, 4) is 17.2 Å². The summed E-state index contributed by atoms with van der Waals surface area (Å²) in [5.41, 5.74) is 4.01. The first-order valence-corrected chi connectivity index (χ1v) is 8.20. The first-order chi connectivity index (χ1) is 12.6. The maximum atomic E-state index is 11.2. The van der Waals surface area contributed by atoms with Crippen LogP contribution in [-0.2, 0) is 7.05 Å². The van der Waals surface area contributed by atoms with Crippen LogP contribution in [0.1, 0.15) is 5.56 Å². The molecule has 3 aromatic rings. The third-order valence-electron chi connectivity index (χ3n) is 4.64.